The molecule has 0 spiro atoms. The third-order valence-electron chi connectivity index (χ3n) is 2.77. The van der Waals surface area contributed by atoms with Gasteiger partial charge in [0, 0.05) is 10.5 Å². The van der Waals surface area contributed by atoms with Gasteiger partial charge in [0.2, 0.25) is 0 Å². The van der Waals surface area contributed by atoms with Gasteiger partial charge in [0.05, 0.1) is 5.02 Å². The SMILES string of the molecule is C[C@H](N)c1ccc(OCc2cccc(Br)c2)c(Cl)c1. The van der Waals surface area contributed by atoms with Crippen LogP contribution in [-0.4, -0.2) is 0 Å². The topological polar surface area (TPSA) is 35.2 Å². The molecule has 0 bridgehead atoms. The van der Waals surface area contributed by atoms with Crippen molar-refractivity contribution >= 4 is 27.5 Å². The molecule has 0 fully saturated rings. The fraction of sp³-hybridized carbons (Fsp3) is 0.200. The molecule has 0 heterocycles. The van der Waals surface area contributed by atoms with Crippen LogP contribution < -0.4 is 10.5 Å². The highest BCUT2D eigenvalue weighted by Crippen LogP contribution is 2.28. The fourth-order valence-corrected chi connectivity index (χ4v) is 2.40. The molecule has 0 aromatic heterocycles. The van der Waals surface area contributed by atoms with Crippen LogP contribution in [0.5, 0.6) is 5.75 Å². The molecule has 4 heteroatoms. The molecule has 0 saturated heterocycles. The summed E-state index contributed by atoms with van der Waals surface area (Å²) in [5.41, 5.74) is 7.89. The van der Waals surface area contributed by atoms with Gasteiger partial charge in [-0.3, -0.25) is 0 Å². The highest BCUT2D eigenvalue weighted by Gasteiger charge is 2.06. The van der Waals surface area contributed by atoms with E-state index in [4.69, 9.17) is 22.1 Å². The van der Waals surface area contributed by atoms with Gasteiger partial charge in [-0.1, -0.05) is 45.7 Å². The molecule has 0 saturated carbocycles. The maximum Gasteiger partial charge on any atom is 0.138 e. The van der Waals surface area contributed by atoms with Crippen LogP contribution in [0.1, 0.15) is 24.1 Å². The van der Waals surface area contributed by atoms with Crippen molar-refractivity contribution in [2.24, 2.45) is 5.73 Å². The first kappa shape index (κ1) is 14.4. The molecule has 0 aliphatic heterocycles. The van der Waals surface area contributed by atoms with Gasteiger partial charge in [0.1, 0.15) is 12.4 Å². The molecule has 2 nitrogen and oxygen atoms in total. The van der Waals surface area contributed by atoms with Gasteiger partial charge in [0.25, 0.3) is 0 Å². The van der Waals surface area contributed by atoms with E-state index in [1.54, 1.807) is 0 Å². The second-order valence-electron chi connectivity index (χ2n) is 4.40. The van der Waals surface area contributed by atoms with Gasteiger partial charge in [0.15, 0.2) is 0 Å². The number of ether oxygens (including phenoxy) is 1. The average molecular weight is 341 g/mol. The summed E-state index contributed by atoms with van der Waals surface area (Å²) in [5, 5.41) is 0.588. The third-order valence-corrected chi connectivity index (χ3v) is 3.55. The van der Waals surface area contributed by atoms with Crippen LogP contribution in [0.4, 0.5) is 0 Å². The maximum atomic E-state index is 6.18. The van der Waals surface area contributed by atoms with Gasteiger partial charge in [-0.05, 0) is 42.3 Å². The van der Waals surface area contributed by atoms with Crippen molar-refractivity contribution in [3.63, 3.8) is 0 Å². The van der Waals surface area contributed by atoms with Gasteiger partial charge < -0.3 is 10.5 Å². The summed E-state index contributed by atoms with van der Waals surface area (Å²) in [5.74, 6) is 0.672. The van der Waals surface area contributed by atoms with Crippen molar-refractivity contribution < 1.29 is 4.74 Å². The molecule has 0 amide bonds. The zero-order valence-electron chi connectivity index (χ0n) is 10.6. The molecule has 0 unspecified atom stereocenters. The zero-order valence-corrected chi connectivity index (χ0v) is 12.9. The maximum absolute atomic E-state index is 6.18. The van der Waals surface area contributed by atoms with E-state index in [0.717, 1.165) is 15.6 Å². The molecule has 1 atom stereocenters. The summed E-state index contributed by atoms with van der Waals surface area (Å²) in [6.45, 7) is 2.41. The summed E-state index contributed by atoms with van der Waals surface area (Å²) < 4.78 is 6.75. The smallest absolute Gasteiger partial charge is 0.138 e. The number of hydrogen-bond donors (Lipinski definition) is 1. The standard InChI is InChI=1S/C15H15BrClNO/c1-10(18)12-5-6-15(14(17)8-12)19-9-11-3-2-4-13(16)7-11/h2-8,10H,9,18H2,1H3/t10-/m0/s1. The van der Waals surface area contributed by atoms with E-state index < -0.39 is 0 Å². The van der Waals surface area contributed by atoms with Crippen LogP contribution in [0.2, 0.25) is 5.02 Å². The summed E-state index contributed by atoms with van der Waals surface area (Å²) in [7, 11) is 0. The van der Waals surface area contributed by atoms with Gasteiger partial charge in [-0.2, -0.15) is 0 Å². The summed E-state index contributed by atoms with van der Waals surface area (Å²) >= 11 is 9.61. The summed E-state index contributed by atoms with van der Waals surface area (Å²) in [4.78, 5) is 0. The molecular formula is C15H15BrClNO. The molecule has 2 N–H and O–H groups in total. The Morgan fingerprint density at radius 1 is 1.26 bits per heavy atom. The van der Waals surface area contributed by atoms with Crippen LogP contribution in [0.3, 0.4) is 0 Å². The summed E-state index contributed by atoms with van der Waals surface area (Å²) in [6, 6.07) is 13.6. The number of rotatable bonds is 4. The lowest BCUT2D eigenvalue weighted by Crippen LogP contribution is -2.05. The lowest BCUT2D eigenvalue weighted by molar-refractivity contribution is 0.306. The minimum absolute atomic E-state index is 0.0309. The molecule has 0 aliphatic carbocycles. The fourth-order valence-electron chi connectivity index (χ4n) is 1.71. The largest absolute Gasteiger partial charge is 0.487 e. The first-order chi connectivity index (χ1) is 9.06. The zero-order chi connectivity index (χ0) is 13.8. The quantitative estimate of drug-likeness (QED) is 0.875. The molecule has 0 aliphatic rings. The van der Waals surface area contributed by atoms with E-state index in [0.29, 0.717) is 17.4 Å². The van der Waals surface area contributed by atoms with Crippen molar-refractivity contribution in [2.45, 2.75) is 19.6 Å². The lowest BCUT2D eigenvalue weighted by Gasteiger charge is -2.11. The molecule has 2 aromatic carbocycles. The van der Waals surface area contributed by atoms with Crippen molar-refractivity contribution in [1.82, 2.24) is 0 Å². The van der Waals surface area contributed by atoms with Crippen molar-refractivity contribution in [3.8, 4) is 5.75 Å². The molecule has 2 aromatic rings. The number of halogens is 2. The minimum Gasteiger partial charge on any atom is -0.487 e. The normalized spacial score (nSPS) is 12.2. The van der Waals surface area contributed by atoms with E-state index >= 15 is 0 Å². The Hall–Kier alpha value is -1.03. The molecular weight excluding hydrogens is 326 g/mol. The molecule has 2 rings (SSSR count). The lowest BCUT2D eigenvalue weighted by atomic mass is 10.1. The Balaban J connectivity index is 2.07. The first-order valence-electron chi connectivity index (χ1n) is 5.98. The van der Waals surface area contributed by atoms with Crippen LogP contribution >= 0.6 is 27.5 Å². The first-order valence-corrected chi connectivity index (χ1v) is 7.15. The van der Waals surface area contributed by atoms with Gasteiger partial charge >= 0.3 is 0 Å². The van der Waals surface area contributed by atoms with E-state index in [2.05, 4.69) is 15.9 Å². The Morgan fingerprint density at radius 2 is 2.05 bits per heavy atom. The molecule has 100 valence electrons. The van der Waals surface area contributed by atoms with Crippen LogP contribution in [0, 0.1) is 0 Å². The predicted octanol–water partition coefficient (Wildman–Crippen LogP) is 4.70. The third kappa shape index (κ3) is 3.96. The monoisotopic (exact) mass is 339 g/mol. The molecule has 0 radical (unpaired) electrons. The second kappa shape index (κ2) is 6.42. The van der Waals surface area contributed by atoms with E-state index in [1.807, 2.05) is 49.4 Å². The van der Waals surface area contributed by atoms with Crippen LogP contribution in [0.15, 0.2) is 46.9 Å². The van der Waals surface area contributed by atoms with Crippen molar-refractivity contribution in [1.29, 1.82) is 0 Å². The Kier molecular flexibility index (Phi) is 4.86. The number of nitrogens with two attached hydrogens (primary N) is 1. The second-order valence-corrected chi connectivity index (χ2v) is 5.72. The van der Waals surface area contributed by atoms with E-state index in [1.165, 1.54) is 0 Å². The van der Waals surface area contributed by atoms with E-state index in [9.17, 15) is 0 Å². The van der Waals surface area contributed by atoms with Crippen LogP contribution in [0.25, 0.3) is 0 Å². The highest BCUT2D eigenvalue weighted by atomic mass is 79.9. The van der Waals surface area contributed by atoms with Crippen molar-refractivity contribution in [2.75, 3.05) is 0 Å². The highest BCUT2D eigenvalue weighted by molar-refractivity contribution is 9.10. The van der Waals surface area contributed by atoms with Gasteiger partial charge in [-0.25, -0.2) is 0 Å². The van der Waals surface area contributed by atoms with Crippen molar-refractivity contribution in [3.05, 3.63) is 63.1 Å². The minimum atomic E-state index is -0.0309. The van der Waals surface area contributed by atoms with Gasteiger partial charge in [-0.15, -0.1) is 0 Å². The van der Waals surface area contributed by atoms with Crippen LogP contribution in [-0.2, 0) is 6.61 Å². The number of hydrogen-bond acceptors (Lipinski definition) is 2. The number of benzene rings is 2. The average Bonchev–Trinajstić information content (AvgIpc) is 2.37. The predicted molar refractivity (Wildman–Crippen MR) is 82.5 cm³/mol. The Bertz CT molecular complexity index is 572. The van der Waals surface area contributed by atoms with E-state index in [-0.39, 0.29) is 6.04 Å². The molecule has 19 heavy (non-hydrogen) atoms. The Labute approximate surface area is 126 Å². The Morgan fingerprint density at radius 3 is 2.68 bits per heavy atom. The summed E-state index contributed by atoms with van der Waals surface area (Å²) in [6.07, 6.45) is 0.